The summed E-state index contributed by atoms with van der Waals surface area (Å²) in [7, 11) is 1.66. The van der Waals surface area contributed by atoms with Crippen molar-refractivity contribution in [3.63, 3.8) is 0 Å². The van der Waals surface area contributed by atoms with E-state index in [0.717, 1.165) is 23.4 Å². The van der Waals surface area contributed by atoms with Crippen LogP contribution in [0.25, 0.3) is 0 Å². The third-order valence-corrected chi connectivity index (χ3v) is 2.82. The molecule has 19 heavy (non-hydrogen) atoms. The number of aliphatic imine (C=N–C) groups is 1. The molecule has 0 aliphatic rings. The first-order valence-corrected chi connectivity index (χ1v) is 6.20. The number of methoxy groups -OCH3 is 1. The number of nitrogens with zero attached hydrogens (tertiary/aromatic N) is 1. The zero-order valence-electron chi connectivity index (χ0n) is 11.0. The van der Waals surface area contributed by atoms with E-state index in [-0.39, 0.29) is 0 Å². The number of hydrogen-bond donors (Lipinski definition) is 0. The van der Waals surface area contributed by atoms with E-state index in [1.165, 1.54) is 5.56 Å². The number of allylic oxidation sites excluding steroid dienone is 1. The zero-order chi connectivity index (χ0) is 13.5. The molecule has 0 radical (unpaired) electrons. The zero-order valence-corrected chi connectivity index (χ0v) is 11.0. The van der Waals surface area contributed by atoms with Crippen molar-refractivity contribution in [3.05, 3.63) is 72.3 Å². The van der Waals surface area contributed by atoms with E-state index in [1.807, 2.05) is 54.8 Å². The van der Waals surface area contributed by atoms with Crippen LogP contribution in [0.5, 0.6) is 5.75 Å². The third kappa shape index (κ3) is 3.55. The number of hydrogen-bond acceptors (Lipinski definition) is 2. The minimum absolute atomic E-state index is 0.829. The van der Waals surface area contributed by atoms with Crippen LogP contribution in [0.2, 0.25) is 0 Å². The summed E-state index contributed by atoms with van der Waals surface area (Å²) < 4.78 is 5.13. The lowest BCUT2D eigenvalue weighted by atomic mass is 10.1. The highest BCUT2D eigenvalue weighted by atomic mass is 16.5. The van der Waals surface area contributed by atoms with Gasteiger partial charge in [-0.25, -0.2) is 0 Å². The Bertz CT molecular complexity index is 570. The largest absolute Gasteiger partial charge is 0.497 e. The van der Waals surface area contributed by atoms with Crippen LogP contribution in [0.3, 0.4) is 0 Å². The van der Waals surface area contributed by atoms with Crippen LogP contribution >= 0.6 is 0 Å². The molecule has 2 rings (SSSR count). The van der Waals surface area contributed by atoms with Crippen LogP contribution in [0, 0.1) is 0 Å². The lowest BCUT2D eigenvalue weighted by Crippen LogP contribution is -1.85. The van der Waals surface area contributed by atoms with Crippen LogP contribution in [-0.4, -0.2) is 13.3 Å². The molecule has 0 heterocycles. The van der Waals surface area contributed by atoms with Crippen molar-refractivity contribution < 1.29 is 4.74 Å². The van der Waals surface area contributed by atoms with Crippen LogP contribution in [0.15, 0.2) is 66.2 Å². The number of benzene rings is 2. The minimum atomic E-state index is 0.829. The van der Waals surface area contributed by atoms with Gasteiger partial charge in [0.05, 0.1) is 12.8 Å². The van der Waals surface area contributed by atoms with Gasteiger partial charge in [0.1, 0.15) is 5.75 Å². The normalized spacial score (nSPS) is 10.6. The first kappa shape index (κ1) is 13.1. The number of ether oxygens (including phenoxy) is 1. The molecule has 0 saturated heterocycles. The average Bonchev–Trinajstić information content (AvgIpc) is 2.47. The molecule has 0 saturated carbocycles. The summed E-state index contributed by atoms with van der Waals surface area (Å²) >= 11 is 0. The van der Waals surface area contributed by atoms with Gasteiger partial charge in [-0.15, -0.1) is 6.58 Å². The van der Waals surface area contributed by atoms with Crippen molar-refractivity contribution in [2.24, 2.45) is 4.99 Å². The Kier molecular flexibility index (Phi) is 4.51. The Morgan fingerprint density at radius 2 is 1.84 bits per heavy atom. The Hall–Kier alpha value is -2.35. The van der Waals surface area contributed by atoms with Gasteiger partial charge in [-0.05, 0) is 47.9 Å². The van der Waals surface area contributed by atoms with E-state index in [0.29, 0.717) is 0 Å². The molecule has 0 fully saturated rings. The molecule has 2 heteroatoms. The summed E-state index contributed by atoms with van der Waals surface area (Å²) in [6.45, 7) is 3.77. The lowest BCUT2D eigenvalue weighted by molar-refractivity contribution is 0.415. The predicted molar refractivity (Wildman–Crippen MR) is 80.6 cm³/mol. The summed E-state index contributed by atoms with van der Waals surface area (Å²) in [5, 5.41) is 0. The fourth-order valence-electron chi connectivity index (χ4n) is 1.80. The van der Waals surface area contributed by atoms with Crippen molar-refractivity contribution in [3.8, 4) is 5.75 Å². The molecule has 0 bridgehead atoms. The Labute approximate surface area is 114 Å². The van der Waals surface area contributed by atoms with Gasteiger partial charge in [0.25, 0.3) is 0 Å². The van der Waals surface area contributed by atoms with Gasteiger partial charge in [-0.3, -0.25) is 4.99 Å². The molecule has 2 nitrogen and oxygen atoms in total. The van der Waals surface area contributed by atoms with Crippen LogP contribution in [-0.2, 0) is 6.42 Å². The summed E-state index contributed by atoms with van der Waals surface area (Å²) in [6, 6.07) is 15.9. The second-order valence-corrected chi connectivity index (χ2v) is 4.15. The minimum Gasteiger partial charge on any atom is -0.497 e. The first-order valence-electron chi connectivity index (χ1n) is 6.20. The number of rotatable bonds is 5. The quantitative estimate of drug-likeness (QED) is 0.577. The molecule has 0 spiro atoms. The van der Waals surface area contributed by atoms with Crippen molar-refractivity contribution in [2.75, 3.05) is 7.11 Å². The van der Waals surface area contributed by atoms with E-state index in [4.69, 9.17) is 4.74 Å². The highest BCUT2D eigenvalue weighted by molar-refractivity contribution is 5.82. The van der Waals surface area contributed by atoms with Gasteiger partial charge in [-0.2, -0.15) is 0 Å². The smallest absolute Gasteiger partial charge is 0.118 e. The van der Waals surface area contributed by atoms with Crippen LogP contribution in [0.4, 0.5) is 5.69 Å². The summed E-state index contributed by atoms with van der Waals surface area (Å²) in [5.74, 6) is 0.851. The maximum Gasteiger partial charge on any atom is 0.118 e. The van der Waals surface area contributed by atoms with E-state index in [1.54, 1.807) is 7.11 Å². The first-order chi connectivity index (χ1) is 9.33. The molecule has 0 N–H and O–H groups in total. The average molecular weight is 251 g/mol. The SMILES string of the molecule is C=CCc1ccccc1N=Cc1ccc(OC)cc1. The van der Waals surface area contributed by atoms with Crippen molar-refractivity contribution in [1.29, 1.82) is 0 Å². The van der Waals surface area contributed by atoms with Gasteiger partial charge in [0.15, 0.2) is 0 Å². The summed E-state index contributed by atoms with van der Waals surface area (Å²) in [6.07, 6.45) is 4.58. The van der Waals surface area contributed by atoms with Gasteiger partial charge < -0.3 is 4.74 Å². The standard InChI is InChI=1S/C17H17NO/c1-3-6-15-7-4-5-8-17(15)18-13-14-9-11-16(19-2)12-10-14/h3-5,7-13H,1,6H2,2H3. The number of para-hydroxylation sites is 1. The Morgan fingerprint density at radius 1 is 1.11 bits per heavy atom. The second-order valence-electron chi connectivity index (χ2n) is 4.15. The topological polar surface area (TPSA) is 21.6 Å². The van der Waals surface area contributed by atoms with Crippen LogP contribution in [0.1, 0.15) is 11.1 Å². The lowest BCUT2D eigenvalue weighted by Gasteiger charge is -2.02. The third-order valence-electron chi connectivity index (χ3n) is 2.82. The molecule has 96 valence electrons. The van der Waals surface area contributed by atoms with Gasteiger partial charge in [0, 0.05) is 6.21 Å². The predicted octanol–water partition coefficient (Wildman–Crippen LogP) is 4.17. The highest BCUT2D eigenvalue weighted by Crippen LogP contribution is 2.19. The van der Waals surface area contributed by atoms with Gasteiger partial charge in [0.2, 0.25) is 0 Å². The maximum atomic E-state index is 5.13. The van der Waals surface area contributed by atoms with Gasteiger partial charge >= 0.3 is 0 Å². The monoisotopic (exact) mass is 251 g/mol. The van der Waals surface area contributed by atoms with Crippen molar-refractivity contribution >= 4 is 11.9 Å². The summed E-state index contributed by atoms with van der Waals surface area (Å²) in [4.78, 5) is 4.54. The van der Waals surface area contributed by atoms with Crippen molar-refractivity contribution in [2.45, 2.75) is 6.42 Å². The Morgan fingerprint density at radius 3 is 2.53 bits per heavy atom. The fraction of sp³-hybridized carbons (Fsp3) is 0.118. The molecule has 0 aromatic heterocycles. The van der Waals surface area contributed by atoms with E-state index in [9.17, 15) is 0 Å². The van der Waals surface area contributed by atoms with Crippen LogP contribution < -0.4 is 4.74 Å². The summed E-state index contributed by atoms with van der Waals surface area (Å²) in [5.41, 5.74) is 3.22. The van der Waals surface area contributed by atoms with E-state index < -0.39 is 0 Å². The molecule has 0 aliphatic carbocycles. The fourth-order valence-corrected chi connectivity index (χ4v) is 1.80. The Balaban J connectivity index is 2.19. The van der Waals surface area contributed by atoms with E-state index >= 15 is 0 Å². The van der Waals surface area contributed by atoms with E-state index in [2.05, 4.69) is 17.6 Å². The second kappa shape index (κ2) is 6.55. The molecular weight excluding hydrogens is 234 g/mol. The van der Waals surface area contributed by atoms with Crippen molar-refractivity contribution in [1.82, 2.24) is 0 Å². The van der Waals surface area contributed by atoms with Gasteiger partial charge in [-0.1, -0.05) is 24.3 Å². The molecule has 0 amide bonds. The molecular formula is C17H17NO. The highest BCUT2D eigenvalue weighted by Gasteiger charge is 1.97. The molecule has 2 aromatic carbocycles. The molecule has 2 aromatic rings. The molecule has 0 unspecified atom stereocenters. The molecule has 0 atom stereocenters. The maximum absolute atomic E-state index is 5.13. The molecule has 0 aliphatic heterocycles.